The van der Waals surface area contributed by atoms with Crippen molar-refractivity contribution >= 4 is 17.8 Å². The average Bonchev–Trinajstić information content (AvgIpc) is 2.84. The summed E-state index contributed by atoms with van der Waals surface area (Å²) in [5, 5.41) is 2.66. The molecule has 0 aliphatic rings. The lowest BCUT2D eigenvalue weighted by molar-refractivity contribution is -0.145. The van der Waals surface area contributed by atoms with Crippen LogP contribution in [0.15, 0.2) is 91.0 Å². The molecule has 0 spiro atoms. The minimum Gasteiger partial charge on any atom is -0.466 e. The highest BCUT2D eigenvalue weighted by Gasteiger charge is 2.39. The SMILES string of the molecule is CCOC(=O)C[C@@H](NC(=O)CC(c1ccccc1)(c1ccccc1)c1ccccc1)C(N)=O. The molecular weight excluding hydrogens is 416 g/mol. The van der Waals surface area contributed by atoms with Gasteiger partial charge in [-0.25, -0.2) is 0 Å². The number of rotatable bonds is 10. The first-order valence-electron chi connectivity index (χ1n) is 10.9. The molecule has 6 heteroatoms. The first-order valence-corrected chi connectivity index (χ1v) is 10.9. The highest BCUT2D eigenvalue weighted by molar-refractivity contribution is 5.90. The third-order valence-electron chi connectivity index (χ3n) is 5.58. The van der Waals surface area contributed by atoms with Gasteiger partial charge >= 0.3 is 5.97 Å². The van der Waals surface area contributed by atoms with Gasteiger partial charge in [0.15, 0.2) is 0 Å². The third kappa shape index (κ3) is 5.66. The quantitative estimate of drug-likeness (QED) is 0.370. The Hall–Kier alpha value is -3.93. The van der Waals surface area contributed by atoms with Crippen LogP contribution >= 0.6 is 0 Å². The zero-order valence-corrected chi connectivity index (χ0v) is 18.6. The van der Waals surface area contributed by atoms with E-state index in [2.05, 4.69) is 5.32 Å². The van der Waals surface area contributed by atoms with Crippen LogP contribution in [0.25, 0.3) is 0 Å². The van der Waals surface area contributed by atoms with Crippen molar-refractivity contribution in [2.75, 3.05) is 6.61 Å². The molecule has 170 valence electrons. The monoisotopic (exact) mass is 444 g/mol. The smallest absolute Gasteiger partial charge is 0.308 e. The van der Waals surface area contributed by atoms with Crippen molar-refractivity contribution < 1.29 is 19.1 Å². The van der Waals surface area contributed by atoms with E-state index in [0.717, 1.165) is 16.7 Å². The summed E-state index contributed by atoms with van der Waals surface area (Å²) in [6.07, 6.45) is -0.304. The average molecular weight is 445 g/mol. The van der Waals surface area contributed by atoms with Gasteiger partial charge in [0.2, 0.25) is 11.8 Å². The van der Waals surface area contributed by atoms with Gasteiger partial charge < -0.3 is 15.8 Å². The number of nitrogens with one attached hydrogen (secondary N) is 1. The number of ether oxygens (including phenoxy) is 1. The topological polar surface area (TPSA) is 98.5 Å². The maximum absolute atomic E-state index is 13.4. The number of hydrogen-bond acceptors (Lipinski definition) is 4. The summed E-state index contributed by atoms with van der Waals surface area (Å²) in [4.78, 5) is 37.2. The number of esters is 1. The summed E-state index contributed by atoms with van der Waals surface area (Å²) >= 11 is 0. The van der Waals surface area contributed by atoms with Crippen molar-refractivity contribution in [3.63, 3.8) is 0 Å². The Balaban J connectivity index is 2.04. The van der Waals surface area contributed by atoms with E-state index in [0.29, 0.717) is 0 Å². The van der Waals surface area contributed by atoms with E-state index >= 15 is 0 Å². The molecule has 6 nitrogen and oxygen atoms in total. The molecule has 3 aromatic carbocycles. The molecular formula is C27H28N2O4. The summed E-state index contributed by atoms with van der Waals surface area (Å²) < 4.78 is 4.91. The summed E-state index contributed by atoms with van der Waals surface area (Å²) in [6, 6.07) is 28.1. The Morgan fingerprint density at radius 1 is 0.818 bits per heavy atom. The highest BCUT2D eigenvalue weighted by Crippen LogP contribution is 2.42. The number of benzene rings is 3. The Bertz CT molecular complexity index is 972. The number of nitrogens with two attached hydrogens (primary N) is 1. The second-order valence-corrected chi connectivity index (χ2v) is 7.71. The van der Waals surface area contributed by atoms with Gasteiger partial charge in [-0.1, -0.05) is 91.0 Å². The zero-order valence-electron chi connectivity index (χ0n) is 18.6. The normalized spacial score (nSPS) is 11.9. The van der Waals surface area contributed by atoms with Gasteiger partial charge in [0.25, 0.3) is 0 Å². The predicted molar refractivity (Wildman–Crippen MR) is 126 cm³/mol. The summed E-state index contributed by atoms with van der Waals surface area (Å²) in [5.41, 5.74) is 7.43. The molecule has 0 radical (unpaired) electrons. The molecule has 3 rings (SSSR count). The Morgan fingerprint density at radius 2 is 1.24 bits per heavy atom. The minimum atomic E-state index is -1.16. The molecule has 0 saturated carbocycles. The number of hydrogen-bond donors (Lipinski definition) is 2. The molecule has 0 heterocycles. The van der Waals surface area contributed by atoms with E-state index in [1.54, 1.807) is 6.92 Å². The highest BCUT2D eigenvalue weighted by atomic mass is 16.5. The van der Waals surface area contributed by atoms with E-state index in [1.807, 2.05) is 91.0 Å². The van der Waals surface area contributed by atoms with Crippen molar-refractivity contribution in [3.8, 4) is 0 Å². The van der Waals surface area contributed by atoms with Gasteiger partial charge in [-0.3, -0.25) is 14.4 Å². The van der Waals surface area contributed by atoms with Gasteiger partial charge in [0.1, 0.15) is 6.04 Å². The molecule has 0 aromatic heterocycles. The zero-order chi connectivity index (χ0) is 23.7. The fourth-order valence-corrected chi connectivity index (χ4v) is 4.07. The molecule has 0 aliphatic carbocycles. The predicted octanol–water partition coefficient (Wildman–Crippen LogP) is 3.33. The molecule has 33 heavy (non-hydrogen) atoms. The van der Waals surface area contributed by atoms with Gasteiger partial charge in [-0.15, -0.1) is 0 Å². The van der Waals surface area contributed by atoms with E-state index < -0.39 is 29.2 Å². The van der Waals surface area contributed by atoms with E-state index in [9.17, 15) is 14.4 Å². The number of primary amides is 1. The van der Waals surface area contributed by atoms with E-state index in [4.69, 9.17) is 10.5 Å². The van der Waals surface area contributed by atoms with E-state index in [-0.39, 0.29) is 19.4 Å². The maximum atomic E-state index is 13.4. The Kier molecular flexibility index (Phi) is 7.97. The van der Waals surface area contributed by atoms with Crippen LogP contribution < -0.4 is 11.1 Å². The van der Waals surface area contributed by atoms with Crippen molar-refractivity contribution in [1.29, 1.82) is 0 Å². The molecule has 3 aromatic rings. The van der Waals surface area contributed by atoms with Crippen molar-refractivity contribution in [3.05, 3.63) is 108 Å². The van der Waals surface area contributed by atoms with Crippen LogP contribution in [-0.2, 0) is 24.5 Å². The van der Waals surface area contributed by atoms with Crippen LogP contribution in [0.4, 0.5) is 0 Å². The fourth-order valence-electron chi connectivity index (χ4n) is 4.07. The summed E-state index contributed by atoms with van der Waals surface area (Å²) in [7, 11) is 0. The van der Waals surface area contributed by atoms with Crippen molar-refractivity contribution in [1.82, 2.24) is 5.32 Å². The van der Waals surface area contributed by atoms with Gasteiger partial charge in [-0.2, -0.15) is 0 Å². The second-order valence-electron chi connectivity index (χ2n) is 7.71. The standard InChI is InChI=1S/C27H28N2O4/c1-2-33-25(31)18-23(26(28)32)29-24(30)19-27(20-12-6-3-7-13-20,21-14-8-4-9-15-21)22-16-10-5-11-17-22/h3-17,23H,2,18-19H2,1H3,(H2,28,32)(H,29,30)/t23-/m1/s1. The molecule has 2 amide bonds. The molecule has 3 N–H and O–H groups in total. The first kappa shape index (κ1) is 23.7. The molecule has 0 unspecified atom stereocenters. The summed E-state index contributed by atoms with van der Waals surface area (Å²) in [5.74, 6) is -1.79. The molecule has 0 saturated heterocycles. The number of carbonyl (C=O) groups excluding carboxylic acids is 3. The number of carbonyl (C=O) groups is 3. The fraction of sp³-hybridized carbons (Fsp3) is 0.222. The van der Waals surface area contributed by atoms with E-state index in [1.165, 1.54) is 0 Å². The molecule has 0 bridgehead atoms. The van der Waals surface area contributed by atoms with Gasteiger partial charge in [0.05, 0.1) is 18.4 Å². The van der Waals surface area contributed by atoms with Crippen LogP contribution in [0.2, 0.25) is 0 Å². The summed E-state index contributed by atoms with van der Waals surface area (Å²) in [6.45, 7) is 1.85. The molecule has 1 atom stereocenters. The van der Waals surface area contributed by atoms with Gasteiger partial charge in [0, 0.05) is 6.42 Å². The molecule has 0 fully saturated rings. The van der Waals surface area contributed by atoms with Crippen LogP contribution in [0.5, 0.6) is 0 Å². The van der Waals surface area contributed by atoms with Crippen LogP contribution in [0, 0.1) is 0 Å². The van der Waals surface area contributed by atoms with Crippen molar-refractivity contribution in [2.24, 2.45) is 5.73 Å². The lowest BCUT2D eigenvalue weighted by Gasteiger charge is -2.36. The van der Waals surface area contributed by atoms with Gasteiger partial charge in [-0.05, 0) is 23.6 Å². The van der Waals surface area contributed by atoms with Crippen molar-refractivity contribution in [2.45, 2.75) is 31.2 Å². The lowest BCUT2D eigenvalue weighted by atomic mass is 9.67. The maximum Gasteiger partial charge on any atom is 0.308 e. The lowest BCUT2D eigenvalue weighted by Crippen LogP contribution is -2.48. The third-order valence-corrected chi connectivity index (χ3v) is 5.58. The second kappa shape index (κ2) is 11.1. The molecule has 0 aliphatic heterocycles. The van der Waals surface area contributed by atoms with Crippen LogP contribution in [0.3, 0.4) is 0 Å². The van der Waals surface area contributed by atoms with Crippen LogP contribution in [-0.4, -0.2) is 30.4 Å². The Morgan fingerprint density at radius 3 is 1.61 bits per heavy atom. The largest absolute Gasteiger partial charge is 0.466 e. The van der Waals surface area contributed by atoms with Crippen LogP contribution in [0.1, 0.15) is 36.5 Å². The first-order chi connectivity index (χ1) is 16.0. The Labute approximate surface area is 193 Å². The minimum absolute atomic E-state index is 0.0116. The number of amides is 2.